The number of ether oxygens (including phenoxy) is 1. The van der Waals surface area contributed by atoms with Gasteiger partial charge < -0.3 is 20.3 Å². The number of guanidine groups is 1. The molecule has 142 valence electrons. The average Bonchev–Trinajstić information content (AvgIpc) is 3.09. The lowest BCUT2D eigenvalue weighted by Crippen LogP contribution is -2.36. The van der Waals surface area contributed by atoms with Crippen molar-refractivity contribution >= 4 is 22.4 Å². The highest BCUT2D eigenvalue weighted by Gasteiger charge is 2.06. The predicted molar refractivity (Wildman–Crippen MR) is 105 cm³/mol. The van der Waals surface area contributed by atoms with Crippen LogP contribution in [0.3, 0.4) is 0 Å². The van der Waals surface area contributed by atoms with E-state index in [0.29, 0.717) is 24.6 Å². The van der Waals surface area contributed by atoms with Gasteiger partial charge in [0.1, 0.15) is 5.82 Å². The Morgan fingerprint density at radius 1 is 1.35 bits per heavy atom. The first-order chi connectivity index (χ1) is 12.5. The van der Waals surface area contributed by atoms with Crippen LogP contribution in [0.5, 0.6) is 0 Å². The maximum Gasteiger partial charge on any atom is 0.191 e. The van der Waals surface area contributed by atoms with Gasteiger partial charge in [-0.2, -0.15) is 0 Å². The molecule has 0 saturated heterocycles. The van der Waals surface area contributed by atoms with E-state index in [1.807, 2.05) is 31.3 Å². The lowest BCUT2D eigenvalue weighted by Gasteiger charge is -2.11. The number of methoxy groups -OCH3 is 1. The fourth-order valence-electron chi connectivity index (χ4n) is 2.26. The maximum absolute atomic E-state index is 13.7. The van der Waals surface area contributed by atoms with Gasteiger partial charge in [-0.1, -0.05) is 6.07 Å². The minimum absolute atomic E-state index is 0.250. The highest BCUT2D eigenvalue weighted by molar-refractivity contribution is 7.13. The van der Waals surface area contributed by atoms with E-state index >= 15 is 0 Å². The Balaban J connectivity index is 2.00. The molecule has 8 heteroatoms. The molecule has 2 rings (SSSR count). The molecule has 0 aliphatic carbocycles. The van der Waals surface area contributed by atoms with Gasteiger partial charge in [0.25, 0.3) is 0 Å². The lowest BCUT2D eigenvalue weighted by atomic mass is 10.1. The third kappa shape index (κ3) is 5.96. The second-order valence-electron chi connectivity index (χ2n) is 5.92. The summed E-state index contributed by atoms with van der Waals surface area (Å²) in [6.45, 7) is 4.06. The first-order valence-corrected chi connectivity index (χ1v) is 9.31. The molecule has 6 nitrogen and oxygen atoms in total. The van der Waals surface area contributed by atoms with Crippen LogP contribution in [-0.4, -0.2) is 38.7 Å². The minimum Gasteiger partial charge on any atom is -0.380 e. The molecule has 0 radical (unpaired) electrons. The Morgan fingerprint density at radius 3 is 2.81 bits per heavy atom. The molecule has 0 amide bonds. The van der Waals surface area contributed by atoms with Gasteiger partial charge in [0.15, 0.2) is 11.1 Å². The van der Waals surface area contributed by atoms with Crippen molar-refractivity contribution in [1.82, 2.24) is 15.6 Å². The number of hydrogen-bond acceptors (Lipinski definition) is 5. The molecular weight excluding hydrogens is 353 g/mol. The standard InChI is InChI=1S/C18H26FN5OS/c1-5-20-17(22-10-15-12-26-18(23-15)24(2)3)21-9-13-6-7-16(19)14(8-13)11-25-4/h6-8,12H,5,9-11H2,1-4H3,(H2,20,21,22). The summed E-state index contributed by atoms with van der Waals surface area (Å²) in [5, 5.41) is 9.49. The molecule has 0 fully saturated rings. The monoisotopic (exact) mass is 379 g/mol. The van der Waals surface area contributed by atoms with Crippen molar-refractivity contribution in [2.75, 3.05) is 32.6 Å². The van der Waals surface area contributed by atoms with E-state index in [0.717, 1.165) is 22.9 Å². The van der Waals surface area contributed by atoms with Gasteiger partial charge in [-0.3, -0.25) is 0 Å². The van der Waals surface area contributed by atoms with Gasteiger partial charge >= 0.3 is 0 Å². The number of halogens is 1. The van der Waals surface area contributed by atoms with Crippen molar-refractivity contribution in [3.8, 4) is 0 Å². The number of anilines is 1. The molecule has 0 spiro atoms. The van der Waals surface area contributed by atoms with E-state index in [2.05, 4.69) is 20.6 Å². The quantitative estimate of drug-likeness (QED) is 0.546. The maximum atomic E-state index is 13.7. The molecule has 2 aromatic rings. The Kier molecular flexibility index (Phi) is 7.80. The molecule has 1 heterocycles. The first kappa shape index (κ1) is 20.1. The number of nitrogens with one attached hydrogen (secondary N) is 2. The largest absolute Gasteiger partial charge is 0.380 e. The van der Waals surface area contributed by atoms with Crippen molar-refractivity contribution in [2.45, 2.75) is 26.6 Å². The van der Waals surface area contributed by atoms with Crippen molar-refractivity contribution in [3.63, 3.8) is 0 Å². The number of thiazole rings is 1. The van der Waals surface area contributed by atoms with E-state index < -0.39 is 0 Å². The van der Waals surface area contributed by atoms with Crippen LogP contribution in [-0.2, 0) is 24.4 Å². The van der Waals surface area contributed by atoms with Gasteiger partial charge in [0.05, 0.1) is 25.4 Å². The Hall–Kier alpha value is -2.19. The zero-order valence-electron chi connectivity index (χ0n) is 15.7. The summed E-state index contributed by atoms with van der Waals surface area (Å²) in [5.74, 6) is 0.439. The highest BCUT2D eigenvalue weighted by Crippen LogP contribution is 2.17. The molecule has 0 unspecified atom stereocenters. The third-order valence-corrected chi connectivity index (χ3v) is 4.59. The number of benzene rings is 1. The first-order valence-electron chi connectivity index (χ1n) is 8.43. The van der Waals surface area contributed by atoms with Gasteiger partial charge in [-0.05, 0) is 24.6 Å². The topological polar surface area (TPSA) is 61.8 Å². The number of aromatic nitrogens is 1. The van der Waals surface area contributed by atoms with E-state index in [1.165, 1.54) is 6.07 Å². The van der Waals surface area contributed by atoms with Gasteiger partial charge in [-0.25, -0.2) is 14.4 Å². The van der Waals surface area contributed by atoms with Crippen LogP contribution in [0.4, 0.5) is 9.52 Å². The number of nitrogens with zero attached hydrogens (tertiary/aromatic N) is 3. The lowest BCUT2D eigenvalue weighted by molar-refractivity contribution is 0.181. The van der Waals surface area contributed by atoms with Crippen LogP contribution < -0.4 is 15.5 Å². The summed E-state index contributed by atoms with van der Waals surface area (Å²) in [4.78, 5) is 11.1. The van der Waals surface area contributed by atoms with Crippen molar-refractivity contribution in [1.29, 1.82) is 0 Å². The highest BCUT2D eigenvalue weighted by atomic mass is 32.1. The fraction of sp³-hybridized carbons (Fsp3) is 0.444. The van der Waals surface area contributed by atoms with Crippen molar-refractivity contribution in [2.24, 2.45) is 4.99 Å². The van der Waals surface area contributed by atoms with Gasteiger partial charge in [0, 0.05) is 38.7 Å². The molecule has 2 N–H and O–H groups in total. The zero-order valence-corrected chi connectivity index (χ0v) is 16.5. The third-order valence-electron chi connectivity index (χ3n) is 3.53. The molecule has 0 aliphatic heterocycles. The molecule has 0 bridgehead atoms. The van der Waals surface area contributed by atoms with E-state index in [4.69, 9.17) is 4.74 Å². The average molecular weight is 380 g/mol. The van der Waals surface area contributed by atoms with Crippen LogP contribution in [0.2, 0.25) is 0 Å². The van der Waals surface area contributed by atoms with Gasteiger partial charge in [-0.15, -0.1) is 11.3 Å². The van der Waals surface area contributed by atoms with E-state index in [1.54, 1.807) is 30.6 Å². The van der Waals surface area contributed by atoms with Crippen LogP contribution in [0.15, 0.2) is 28.6 Å². The minimum atomic E-state index is -0.259. The second kappa shape index (κ2) is 10.1. The summed E-state index contributed by atoms with van der Waals surface area (Å²) in [6.07, 6.45) is 0. The zero-order chi connectivity index (χ0) is 18.9. The molecular formula is C18H26FN5OS. The summed E-state index contributed by atoms with van der Waals surface area (Å²) in [7, 11) is 5.50. The molecule has 1 aromatic carbocycles. The Morgan fingerprint density at radius 2 is 2.15 bits per heavy atom. The van der Waals surface area contributed by atoms with Gasteiger partial charge in [0.2, 0.25) is 0 Å². The summed E-state index contributed by atoms with van der Waals surface area (Å²) < 4.78 is 18.7. The van der Waals surface area contributed by atoms with Crippen LogP contribution in [0.25, 0.3) is 0 Å². The Bertz CT molecular complexity index is 732. The molecule has 0 atom stereocenters. The fourth-order valence-corrected chi connectivity index (χ4v) is 3.02. The van der Waals surface area contributed by atoms with Crippen LogP contribution in [0, 0.1) is 5.82 Å². The molecule has 26 heavy (non-hydrogen) atoms. The SMILES string of the molecule is CCNC(=NCc1ccc(F)c(COC)c1)NCc1csc(N(C)C)n1. The van der Waals surface area contributed by atoms with Crippen LogP contribution in [0.1, 0.15) is 23.7 Å². The normalized spacial score (nSPS) is 11.5. The molecule has 1 aromatic heterocycles. The van der Waals surface area contributed by atoms with E-state index in [9.17, 15) is 4.39 Å². The van der Waals surface area contributed by atoms with E-state index in [-0.39, 0.29) is 12.4 Å². The number of rotatable bonds is 8. The second-order valence-corrected chi connectivity index (χ2v) is 6.76. The Labute approximate surface area is 158 Å². The molecule has 0 saturated carbocycles. The van der Waals surface area contributed by atoms with Crippen molar-refractivity contribution < 1.29 is 9.13 Å². The molecule has 0 aliphatic rings. The summed E-state index contributed by atoms with van der Waals surface area (Å²) in [6, 6.07) is 4.98. The predicted octanol–water partition coefficient (Wildman–Crippen LogP) is 2.75. The van der Waals surface area contributed by atoms with Crippen molar-refractivity contribution in [3.05, 3.63) is 46.2 Å². The summed E-state index contributed by atoms with van der Waals surface area (Å²) >= 11 is 1.61. The summed E-state index contributed by atoms with van der Waals surface area (Å²) in [5.41, 5.74) is 2.43. The number of aliphatic imine (C=N–C) groups is 1. The van der Waals surface area contributed by atoms with Crippen LogP contribution >= 0.6 is 11.3 Å². The smallest absolute Gasteiger partial charge is 0.191 e. The number of hydrogen-bond donors (Lipinski definition) is 2.